The van der Waals surface area contributed by atoms with Crippen molar-refractivity contribution in [2.75, 3.05) is 6.61 Å². The van der Waals surface area contributed by atoms with Gasteiger partial charge in [0.1, 0.15) is 0 Å². The van der Waals surface area contributed by atoms with Gasteiger partial charge in [0, 0.05) is 6.61 Å². The Labute approximate surface area is 130 Å². The molecule has 1 heterocycles. The summed E-state index contributed by atoms with van der Waals surface area (Å²) in [6.07, 6.45) is 0.781. The van der Waals surface area contributed by atoms with Crippen LogP contribution < -0.4 is 11.1 Å². The van der Waals surface area contributed by atoms with Gasteiger partial charge in [0.25, 0.3) is 0 Å². The number of H-pyrrole nitrogens is 2. The molecule has 0 bridgehead atoms. The fourth-order valence-electron chi connectivity index (χ4n) is 1.96. The van der Waals surface area contributed by atoms with Crippen LogP contribution in [0.4, 0.5) is 0 Å². The Kier molecular flexibility index (Phi) is 4.44. The van der Waals surface area contributed by atoms with Gasteiger partial charge in [-0.15, -0.1) is 0 Å². The Morgan fingerprint density at radius 1 is 1.05 bits per heavy atom. The molecular formula is C16H24N2O3Si. The summed E-state index contributed by atoms with van der Waals surface area (Å²) in [5.74, 6) is 0. The first-order valence-electron chi connectivity index (χ1n) is 7.49. The second kappa shape index (κ2) is 5.85. The van der Waals surface area contributed by atoms with Gasteiger partial charge < -0.3 is 14.4 Å². The molecule has 0 aliphatic heterocycles. The summed E-state index contributed by atoms with van der Waals surface area (Å²) < 4.78 is 6.16. The van der Waals surface area contributed by atoms with E-state index in [1.165, 1.54) is 0 Å². The molecule has 0 radical (unpaired) electrons. The lowest BCUT2D eigenvalue weighted by Gasteiger charge is -2.36. The Bertz CT molecular complexity index is 784. The number of nitrogens with one attached hydrogen (secondary N) is 2. The molecule has 0 fully saturated rings. The number of aromatic amines is 2. The van der Waals surface area contributed by atoms with Crippen molar-refractivity contribution in [3.63, 3.8) is 0 Å². The van der Waals surface area contributed by atoms with Gasteiger partial charge in [0.05, 0.1) is 11.0 Å². The maximum absolute atomic E-state index is 11.4. The molecule has 2 aromatic rings. The standard InChI is InChI=1S/C16H24N2O3Si/c1-16(2,3)22(4,5)21-9-8-11-6-7-12-13(10-11)18-15(20)14(19)17-12/h6-7,10H,8-9H2,1-5H3,(H,17,19)(H,18,20). The van der Waals surface area contributed by atoms with Crippen molar-refractivity contribution in [2.45, 2.75) is 45.3 Å². The first-order chi connectivity index (χ1) is 10.1. The molecule has 0 amide bonds. The molecule has 120 valence electrons. The molecule has 0 saturated heterocycles. The molecule has 0 unspecified atom stereocenters. The van der Waals surface area contributed by atoms with E-state index in [1.807, 2.05) is 18.2 Å². The fraction of sp³-hybridized carbons (Fsp3) is 0.500. The minimum absolute atomic E-state index is 0.196. The van der Waals surface area contributed by atoms with Crippen LogP contribution in [0.15, 0.2) is 27.8 Å². The lowest BCUT2D eigenvalue weighted by Crippen LogP contribution is -2.41. The Morgan fingerprint density at radius 2 is 1.64 bits per heavy atom. The summed E-state index contributed by atoms with van der Waals surface area (Å²) in [5, 5.41) is 0.196. The van der Waals surface area contributed by atoms with Gasteiger partial charge in [-0.05, 0) is 42.2 Å². The predicted molar refractivity (Wildman–Crippen MR) is 92.0 cm³/mol. The molecule has 2 rings (SSSR count). The van der Waals surface area contributed by atoms with Crippen LogP contribution in [0.2, 0.25) is 18.1 Å². The zero-order chi connectivity index (χ0) is 16.5. The average molecular weight is 320 g/mol. The van der Waals surface area contributed by atoms with Crippen LogP contribution in [0.3, 0.4) is 0 Å². The maximum atomic E-state index is 11.4. The van der Waals surface area contributed by atoms with Crippen molar-refractivity contribution in [1.82, 2.24) is 9.97 Å². The van der Waals surface area contributed by atoms with Gasteiger partial charge in [0.2, 0.25) is 0 Å². The number of aromatic nitrogens is 2. The molecule has 6 heteroatoms. The van der Waals surface area contributed by atoms with E-state index in [2.05, 4.69) is 43.8 Å². The van der Waals surface area contributed by atoms with Crippen LogP contribution in [-0.2, 0) is 10.8 Å². The first kappa shape index (κ1) is 16.7. The van der Waals surface area contributed by atoms with Gasteiger partial charge in [-0.25, -0.2) is 0 Å². The van der Waals surface area contributed by atoms with Crippen LogP contribution >= 0.6 is 0 Å². The van der Waals surface area contributed by atoms with Gasteiger partial charge >= 0.3 is 11.1 Å². The molecule has 2 N–H and O–H groups in total. The van der Waals surface area contributed by atoms with Crippen LogP contribution in [0.1, 0.15) is 26.3 Å². The molecule has 0 aliphatic carbocycles. The van der Waals surface area contributed by atoms with E-state index < -0.39 is 19.4 Å². The highest BCUT2D eigenvalue weighted by Crippen LogP contribution is 2.36. The summed E-state index contributed by atoms with van der Waals surface area (Å²) in [6.45, 7) is 11.8. The van der Waals surface area contributed by atoms with E-state index >= 15 is 0 Å². The number of fused-ring (bicyclic) bond motifs is 1. The zero-order valence-corrected chi connectivity index (χ0v) is 14.9. The smallest absolute Gasteiger partial charge is 0.314 e. The van der Waals surface area contributed by atoms with E-state index in [9.17, 15) is 9.59 Å². The van der Waals surface area contributed by atoms with Crippen LogP contribution in [0.25, 0.3) is 11.0 Å². The summed E-state index contributed by atoms with van der Waals surface area (Å²) in [4.78, 5) is 27.8. The van der Waals surface area contributed by atoms with Crippen molar-refractivity contribution >= 4 is 19.4 Å². The minimum atomic E-state index is -1.73. The highest BCUT2D eigenvalue weighted by Gasteiger charge is 2.36. The summed E-state index contributed by atoms with van der Waals surface area (Å²) in [5.41, 5.74) is 1.12. The lowest BCUT2D eigenvalue weighted by molar-refractivity contribution is 0.292. The van der Waals surface area contributed by atoms with Crippen LogP contribution in [-0.4, -0.2) is 24.9 Å². The SMILES string of the molecule is CC(C)(C)[Si](C)(C)OCCc1ccc2[nH]c(=O)c(=O)[nH]c2c1. The summed E-state index contributed by atoms with van der Waals surface area (Å²) in [6, 6.07) is 5.65. The van der Waals surface area contributed by atoms with Crippen molar-refractivity contribution in [1.29, 1.82) is 0 Å². The lowest BCUT2D eigenvalue weighted by atomic mass is 10.1. The molecule has 0 saturated carbocycles. The van der Waals surface area contributed by atoms with E-state index in [1.54, 1.807) is 0 Å². The van der Waals surface area contributed by atoms with Crippen LogP contribution in [0.5, 0.6) is 0 Å². The zero-order valence-electron chi connectivity index (χ0n) is 13.9. The maximum Gasteiger partial charge on any atom is 0.314 e. The normalized spacial score (nSPS) is 12.8. The number of hydrogen-bond acceptors (Lipinski definition) is 3. The Hall–Kier alpha value is -1.66. The van der Waals surface area contributed by atoms with E-state index in [0.29, 0.717) is 17.6 Å². The molecule has 1 aromatic carbocycles. The van der Waals surface area contributed by atoms with E-state index in [0.717, 1.165) is 12.0 Å². The highest BCUT2D eigenvalue weighted by atomic mass is 28.4. The molecule has 0 aliphatic rings. The Balaban J connectivity index is 2.11. The highest BCUT2D eigenvalue weighted by molar-refractivity contribution is 6.74. The van der Waals surface area contributed by atoms with Crippen molar-refractivity contribution < 1.29 is 4.43 Å². The quantitative estimate of drug-likeness (QED) is 0.672. The van der Waals surface area contributed by atoms with E-state index in [-0.39, 0.29) is 5.04 Å². The average Bonchev–Trinajstić information content (AvgIpc) is 2.39. The Morgan fingerprint density at radius 3 is 2.23 bits per heavy atom. The molecule has 1 aromatic heterocycles. The number of hydrogen-bond donors (Lipinski definition) is 2. The van der Waals surface area contributed by atoms with Gasteiger partial charge in [-0.3, -0.25) is 9.59 Å². The first-order valence-corrected chi connectivity index (χ1v) is 10.4. The van der Waals surface area contributed by atoms with Gasteiger partial charge in [-0.1, -0.05) is 26.8 Å². The third-order valence-corrected chi connectivity index (χ3v) is 8.98. The van der Waals surface area contributed by atoms with Crippen LogP contribution in [0, 0.1) is 0 Å². The van der Waals surface area contributed by atoms with E-state index in [4.69, 9.17) is 4.43 Å². The largest absolute Gasteiger partial charge is 0.416 e. The molecule has 0 atom stereocenters. The second-order valence-corrected chi connectivity index (χ2v) is 12.0. The molecular weight excluding hydrogens is 296 g/mol. The van der Waals surface area contributed by atoms with Crippen molar-refractivity contribution in [3.8, 4) is 0 Å². The third-order valence-electron chi connectivity index (χ3n) is 4.45. The molecule has 0 spiro atoms. The molecule has 22 heavy (non-hydrogen) atoms. The summed E-state index contributed by atoms with van der Waals surface area (Å²) in [7, 11) is -1.73. The van der Waals surface area contributed by atoms with Crippen molar-refractivity contribution in [2.24, 2.45) is 0 Å². The van der Waals surface area contributed by atoms with Crippen molar-refractivity contribution in [3.05, 3.63) is 44.5 Å². The summed E-state index contributed by atoms with van der Waals surface area (Å²) >= 11 is 0. The topological polar surface area (TPSA) is 75.0 Å². The third kappa shape index (κ3) is 3.56. The molecule has 5 nitrogen and oxygen atoms in total. The number of rotatable bonds is 4. The van der Waals surface area contributed by atoms with Gasteiger partial charge in [-0.2, -0.15) is 0 Å². The minimum Gasteiger partial charge on any atom is -0.416 e. The van der Waals surface area contributed by atoms with Gasteiger partial charge in [0.15, 0.2) is 8.32 Å². The second-order valence-electron chi connectivity index (χ2n) is 7.15. The predicted octanol–water partition coefficient (Wildman–Crippen LogP) is 2.78. The monoisotopic (exact) mass is 320 g/mol. The fourth-order valence-corrected chi connectivity index (χ4v) is 3.00. The number of benzene rings is 1.